The number of rotatable bonds is 3. The minimum Gasteiger partial charge on any atom is -0.238 e. The van der Waals surface area contributed by atoms with E-state index < -0.39 is 0 Å². The van der Waals surface area contributed by atoms with Gasteiger partial charge in [0, 0.05) is 11.1 Å². The van der Waals surface area contributed by atoms with Gasteiger partial charge in [0.1, 0.15) is 5.69 Å². The highest BCUT2D eigenvalue weighted by atomic mass is 15.5. The first-order valence-corrected chi connectivity index (χ1v) is 10.4. The molecule has 1 heterocycles. The monoisotopic (exact) mass is 355 g/mol. The van der Waals surface area contributed by atoms with Crippen LogP contribution in [-0.4, -0.2) is 15.0 Å². The molecule has 0 radical (unpaired) electrons. The second-order valence-corrected chi connectivity index (χ2v) is 9.07. The van der Waals surface area contributed by atoms with Gasteiger partial charge in [0.15, 0.2) is 0 Å². The summed E-state index contributed by atoms with van der Waals surface area (Å²) in [6.45, 7) is 0. The van der Waals surface area contributed by atoms with Gasteiger partial charge in [0.05, 0.1) is 11.2 Å². The minimum absolute atomic E-state index is 0.181. The Labute approximate surface area is 160 Å². The van der Waals surface area contributed by atoms with Crippen LogP contribution in [0, 0.1) is 17.8 Å². The summed E-state index contributed by atoms with van der Waals surface area (Å²) >= 11 is 0. The highest BCUT2D eigenvalue weighted by Crippen LogP contribution is 2.59. The van der Waals surface area contributed by atoms with E-state index in [0.717, 1.165) is 29.0 Å². The Morgan fingerprint density at radius 2 is 1.22 bits per heavy atom. The zero-order valence-electron chi connectivity index (χ0n) is 15.6. The first-order chi connectivity index (χ1) is 13.3. The second kappa shape index (κ2) is 5.79. The summed E-state index contributed by atoms with van der Waals surface area (Å²) in [5.41, 5.74) is 4.81. The topological polar surface area (TPSA) is 30.7 Å². The van der Waals surface area contributed by atoms with E-state index in [4.69, 9.17) is 10.3 Å². The number of hydrogen-bond donors (Lipinski definition) is 0. The summed E-state index contributed by atoms with van der Waals surface area (Å²) in [5.74, 6) is 2.68. The van der Waals surface area contributed by atoms with Crippen molar-refractivity contribution in [2.45, 2.75) is 44.1 Å². The first-order valence-electron chi connectivity index (χ1n) is 10.4. The molecule has 3 aromatic rings. The molecule has 0 saturated heterocycles. The molecule has 2 aromatic carbocycles. The van der Waals surface area contributed by atoms with Crippen molar-refractivity contribution < 1.29 is 0 Å². The Kier molecular flexibility index (Phi) is 3.35. The van der Waals surface area contributed by atoms with Crippen LogP contribution in [0.25, 0.3) is 22.5 Å². The average molecular weight is 355 g/mol. The van der Waals surface area contributed by atoms with E-state index in [9.17, 15) is 0 Å². The number of hydrogen-bond acceptors (Lipinski definition) is 2. The molecule has 136 valence electrons. The molecule has 0 spiro atoms. The van der Waals surface area contributed by atoms with Crippen molar-refractivity contribution >= 4 is 0 Å². The molecule has 4 aliphatic rings. The third-order valence-electron chi connectivity index (χ3n) is 7.22. The number of benzene rings is 2. The molecule has 0 atom stereocenters. The van der Waals surface area contributed by atoms with Crippen LogP contribution in [0.4, 0.5) is 0 Å². The first kappa shape index (κ1) is 15.6. The molecule has 0 N–H and O–H groups in total. The van der Waals surface area contributed by atoms with E-state index in [1.165, 1.54) is 49.8 Å². The summed E-state index contributed by atoms with van der Waals surface area (Å²) in [4.78, 5) is 0. The molecule has 4 saturated carbocycles. The third kappa shape index (κ3) is 2.40. The van der Waals surface area contributed by atoms with Gasteiger partial charge in [-0.2, -0.15) is 0 Å². The molecule has 1 aromatic heterocycles. The highest BCUT2D eigenvalue weighted by molar-refractivity contribution is 5.78. The van der Waals surface area contributed by atoms with Gasteiger partial charge in [-0.1, -0.05) is 65.9 Å². The summed E-state index contributed by atoms with van der Waals surface area (Å²) in [5, 5.41) is 9.56. The van der Waals surface area contributed by atoms with Crippen molar-refractivity contribution in [3.05, 3.63) is 60.7 Å². The SMILES string of the molecule is c1ccc(-c2nnn(C34CC5CC(CC(C5)C3)C4)c2-c2ccccc2)cc1. The Hall–Kier alpha value is -2.42. The van der Waals surface area contributed by atoms with Crippen molar-refractivity contribution in [1.82, 2.24) is 15.0 Å². The molecule has 4 aliphatic carbocycles. The maximum atomic E-state index is 4.83. The molecule has 27 heavy (non-hydrogen) atoms. The van der Waals surface area contributed by atoms with Crippen molar-refractivity contribution in [2.75, 3.05) is 0 Å². The standard InChI is InChI=1S/C24H25N3/c1-3-7-20(8-4-1)22-23(21-9-5-2-6-10-21)27(26-25-22)24-14-17-11-18(15-24)13-19(12-17)16-24/h1-10,17-19H,11-16H2. The lowest BCUT2D eigenvalue weighted by Crippen LogP contribution is -2.52. The lowest BCUT2D eigenvalue weighted by molar-refractivity contribution is -0.0492. The summed E-state index contributed by atoms with van der Waals surface area (Å²) in [7, 11) is 0. The van der Waals surface area contributed by atoms with Gasteiger partial charge in [0.2, 0.25) is 0 Å². The van der Waals surface area contributed by atoms with E-state index in [-0.39, 0.29) is 5.54 Å². The quantitative estimate of drug-likeness (QED) is 0.618. The van der Waals surface area contributed by atoms with E-state index >= 15 is 0 Å². The van der Waals surface area contributed by atoms with E-state index in [0.29, 0.717) is 0 Å². The zero-order chi connectivity index (χ0) is 17.8. The predicted octanol–water partition coefficient (Wildman–Crippen LogP) is 5.54. The summed E-state index contributed by atoms with van der Waals surface area (Å²) < 4.78 is 2.36. The van der Waals surface area contributed by atoms with Crippen molar-refractivity contribution in [3.63, 3.8) is 0 Å². The average Bonchev–Trinajstić information content (AvgIpc) is 3.14. The maximum absolute atomic E-state index is 4.83. The maximum Gasteiger partial charge on any atom is 0.121 e. The van der Waals surface area contributed by atoms with E-state index in [1.54, 1.807) is 0 Å². The molecule has 0 aliphatic heterocycles. The molecule has 3 heteroatoms. The van der Waals surface area contributed by atoms with Crippen molar-refractivity contribution in [3.8, 4) is 22.5 Å². The zero-order valence-corrected chi connectivity index (χ0v) is 15.6. The van der Waals surface area contributed by atoms with Crippen LogP contribution in [0.5, 0.6) is 0 Å². The van der Waals surface area contributed by atoms with Crippen LogP contribution in [0.3, 0.4) is 0 Å². The third-order valence-corrected chi connectivity index (χ3v) is 7.22. The minimum atomic E-state index is 0.181. The van der Waals surface area contributed by atoms with Crippen LogP contribution in [-0.2, 0) is 5.54 Å². The smallest absolute Gasteiger partial charge is 0.121 e. The Morgan fingerprint density at radius 3 is 1.78 bits per heavy atom. The fraction of sp³-hybridized carbons (Fsp3) is 0.417. The second-order valence-electron chi connectivity index (χ2n) is 9.07. The van der Waals surface area contributed by atoms with Gasteiger partial charge < -0.3 is 0 Å². The van der Waals surface area contributed by atoms with Crippen LogP contribution in [0.1, 0.15) is 38.5 Å². The number of aromatic nitrogens is 3. The normalized spacial score (nSPS) is 31.3. The van der Waals surface area contributed by atoms with Gasteiger partial charge in [-0.15, -0.1) is 5.10 Å². The lowest BCUT2D eigenvalue weighted by Gasteiger charge is -2.56. The van der Waals surface area contributed by atoms with Crippen LogP contribution >= 0.6 is 0 Å². The number of nitrogens with zero attached hydrogens (tertiary/aromatic N) is 3. The van der Waals surface area contributed by atoms with Gasteiger partial charge in [-0.3, -0.25) is 0 Å². The fourth-order valence-corrected chi connectivity index (χ4v) is 6.58. The van der Waals surface area contributed by atoms with Gasteiger partial charge in [0.25, 0.3) is 0 Å². The Balaban J connectivity index is 1.55. The van der Waals surface area contributed by atoms with Gasteiger partial charge in [-0.25, -0.2) is 4.68 Å². The highest BCUT2D eigenvalue weighted by Gasteiger charge is 2.53. The molecule has 3 nitrogen and oxygen atoms in total. The molecular formula is C24H25N3. The largest absolute Gasteiger partial charge is 0.238 e. The van der Waals surface area contributed by atoms with E-state index in [1.807, 2.05) is 0 Å². The Bertz CT molecular complexity index is 923. The molecule has 0 unspecified atom stereocenters. The van der Waals surface area contributed by atoms with Gasteiger partial charge >= 0.3 is 0 Å². The van der Waals surface area contributed by atoms with Crippen molar-refractivity contribution in [1.29, 1.82) is 0 Å². The van der Waals surface area contributed by atoms with Gasteiger partial charge in [-0.05, 0) is 56.3 Å². The van der Waals surface area contributed by atoms with Crippen LogP contribution in [0.2, 0.25) is 0 Å². The van der Waals surface area contributed by atoms with Crippen LogP contribution in [0.15, 0.2) is 60.7 Å². The van der Waals surface area contributed by atoms with Crippen LogP contribution < -0.4 is 0 Å². The molecule has 4 fully saturated rings. The fourth-order valence-electron chi connectivity index (χ4n) is 6.58. The molecule has 0 amide bonds. The predicted molar refractivity (Wildman–Crippen MR) is 107 cm³/mol. The summed E-state index contributed by atoms with van der Waals surface area (Å²) in [6, 6.07) is 21.3. The molecular weight excluding hydrogens is 330 g/mol. The van der Waals surface area contributed by atoms with E-state index in [2.05, 4.69) is 65.3 Å². The lowest BCUT2D eigenvalue weighted by atomic mass is 9.53. The summed E-state index contributed by atoms with van der Waals surface area (Å²) in [6.07, 6.45) is 8.20. The molecule has 4 bridgehead atoms. The van der Waals surface area contributed by atoms with Crippen molar-refractivity contribution in [2.24, 2.45) is 17.8 Å². The molecule has 7 rings (SSSR count). The Morgan fingerprint density at radius 1 is 0.704 bits per heavy atom.